The number of aromatic amines is 1. The molecule has 1 aliphatic rings. The molecule has 8 heteroatoms. The van der Waals surface area contributed by atoms with Crippen LogP contribution in [0.5, 0.6) is 5.75 Å². The summed E-state index contributed by atoms with van der Waals surface area (Å²) in [5, 5.41) is 12.8. The van der Waals surface area contributed by atoms with Gasteiger partial charge in [-0.15, -0.1) is 11.3 Å². The first kappa shape index (κ1) is 17.7. The number of nitrogens with zero attached hydrogens (tertiary/aromatic N) is 2. The van der Waals surface area contributed by atoms with E-state index in [2.05, 4.69) is 15.4 Å². The van der Waals surface area contributed by atoms with E-state index < -0.39 is 5.97 Å². The molecular formula is C21H17N3O4S. The topological polar surface area (TPSA) is 90.2 Å². The number of carbonyl (C=O) groups excluding carboxylic acids is 1. The number of nitrogens with one attached hydrogen (secondary N) is 1. The normalized spacial score (nSPS) is 15.1. The maximum Gasteiger partial charge on any atom is 0.359 e. The maximum absolute atomic E-state index is 12.3. The predicted molar refractivity (Wildman–Crippen MR) is 107 cm³/mol. The lowest BCUT2D eigenvalue weighted by atomic mass is 10.1. The smallest absolute Gasteiger partial charge is 0.359 e. The lowest BCUT2D eigenvalue weighted by molar-refractivity contribution is 0.0457. The predicted octanol–water partition coefficient (Wildman–Crippen LogP) is 4.47. The minimum Gasteiger partial charge on any atom is -0.490 e. The number of fused-ring (bicyclic) bond motifs is 1. The summed E-state index contributed by atoms with van der Waals surface area (Å²) in [5.41, 5.74) is 3.59. The van der Waals surface area contributed by atoms with E-state index in [1.807, 2.05) is 42.6 Å². The summed E-state index contributed by atoms with van der Waals surface area (Å²) >= 11 is 1.56. The van der Waals surface area contributed by atoms with Gasteiger partial charge in [0.05, 0.1) is 10.6 Å². The molecule has 0 bridgehead atoms. The van der Waals surface area contributed by atoms with Crippen molar-refractivity contribution < 1.29 is 18.8 Å². The number of carbonyl (C=O) groups is 1. The Morgan fingerprint density at radius 3 is 3.10 bits per heavy atom. The first-order valence-electron chi connectivity index (χ1n) is 9.17. The average Bonchev–Trinajstić information content (AvgIpc) is 3.51. The van der Waals surface area contributed by atoms with Crippen molar-refractivity contribution in [3.8, 4) is 27.6 Å². The van der Waals surface area contributed by atoms with Gasteiger partial charge in [0.2, 0.25) is 0 Å². The fourth-order valence-electron chi connectivity index (χ4n) is 3.27. The molecule has 0 amide bonds. The Balaban J connectivity index is 1.24. The molecule has 1 aromatic carbocycles. The molecule has 0 spiro atoms. The maximum atomic E-state index is 12.3. The minimum atomic E-state index is -0.520. The van der Waals surface area contributed by atoms with Crippen molar-refractivity contribution in [1.82, 2.24) is 15.4 Å². The second-order valence-electron chi connectivity index (χ2n) is 6.86. The number of H-pyrrole nitrogens is 1. The van der Waals surface area contributed by atoms with E-state index in [9.17, 15) is 4.79 Å². The number of rotatable bonds is 5. The lowest BCUT2D eigenvalue weighted by Crippen LogP contribution is -2.05. The fraction of sp³-hybridized carbons (Fsp3) is 0.190. The van der Waals surface area contributed by atoms with E-state index in [1.54, 1.807) is 23.5 Å². The molecule has 1 aliphatic heterocycles. The van der Waals surface area contributed by atoms with Gasteiger partial charge in [-0.05, 0) is 36.1 Å². The summed E-state index contributed by atoms with van der Waals surface area (Å²) in [6, 6.07) is 13.3. The number of thiophene rings is 1. The van der Waals surface area contributed by atoms with Crippen molar-refractivity contribution in [2.75, 3.05) is 0 Å². The molecule has 1 unspecified atom stereocenters. The van der Waals surface area contributed by atoms with Gasteiger partial charge in [-0.3, -0.25) is 5.10 Å². The van der Waals surface area contributed by atoms with Crippen LogP contribution in [0.2, 0.25) is 0 Å². The Bertz CT molecular complexity index is 1160. The van der Waals surface area contributed by atoms with Crippen LogP contribution in [0.25, 0.3) is 21.9 Å². The van der Waals surface area contributed by atoms with Crippen LogP contribution < -0.4 is 4.74 Å². The summed E-state index contributed by atoms with van der Waals surface area (Å²) in [4.78, 5) is 13.3. The van der Waals surface area contributed by atoms with Crippen LogP contribution in [0.3, 0.4) is 0 Å². The van der Waals surface area contributed by atoms with Gasteiger partial charge in [0.1, 0.15) is 24.2 Å². The molecule has 3 aromatic heterocycles. The number of aromatic nitrogens is 3. The zero-order valence-electron chi connectivity index (χ0n) is 15.5. The Labute approximate surface area is 170 Å². The largest absolute Gasteiger partial charge is 0.490 e. The Morgan fingerprint density at radius 2 is 2.24 bits per heavy atom. The third-order valence-corrected chi connectivity index (χ3v) is 5.57. The van der Waals surface area contributed by atoms with Crippen LogP contribution in [-0.4, -0.2) is 27.4 Å². The molecule has 4 aromatic rings. The zero-order chi connectivity index (χ0) is 19.8. The first-order chi connectivity index (χ1) is 14.2. The molecule has 0 saturated heterocycles. The summed E-state index contributed by atoms with van der Waals surface area (Å²) in [6.45, 7) is 2.05. The molecule has 1 atom stereocenters. The number of benzene rings is 1. The molecule has 4 heterocycles. The van der Waals surface area contributed by atoms with Crippen LogP contribution in [0.4, 0.5) is 0 Å². The molecule has 1 N–H and O–H groups in total. The van der Waals surface area contributed by atoms with Crippen LogP contribution in [-0.2, 0) is 17.8 Å². The summed E-state index contributed by atoms with van der Waals surface area (Å²) < 4.78 is 16.5. The van der Waals surface area contributed by atoms with Crippen LogP contribution in [0.1, 0.15) is 28.7 Å². The second kappa shape index (κ2) is 7.21. The number of hydrogen-bond acceptors (Lipinski definition) is 7. The van der Waals surface area contributed by atoms with Crippen molar-refractivity contribution >= 4 is 17.3 Å². The quantitative estimate of drug-likeness (QED) is 0.491. The van der Waals surface area contributed by atoms with Crippen LogP contribution >= 0.6 is 11.3 Å². The summed E-state index contributed by atoms with van der Waals surface area (Å²) in [7, 11) is 0. The van der Waals surface area contributed by atoms with Crippen molar-refractivity contribution in [1.29, 1.82) is 0 Å². The van der Waals surface area contributed by atoms with Gasteiger partial charge < -0.3 is 14.0 Å². The number of hydrogen-bond donors (Lipinski definition) is 1. The van der Waals surface area contributed by atoms with Gasteiger partial charge in [-0.1, -0.05) is 23.4 Å². The van der Waals surface area contributed by atoms with Gasteiger partial charge in [-0.25, -0.2) is 4.79 Å². The SMILES string of the molecule is CC1Cc2ccc(-c3cc(COC(=O)c4cc(-c5cccs5)[nH]n4)no3)cc2O1. The van der Waals surface area contributed by atoms with Gasteiger partial charge in [-0.2, -0.15) is 5.10 Å². The molecule has 0 fully saturated rings. The van der Waals surface area contributed by atoms with E-state index in [0.29, 0.717) is 11.5 Å². The monoisotopic (exact) mass is 407 g/mol. The fourth-order valence-corrected chi connectivity index (χ4v) is 3.96. The van der Waals surface area contributed by atoms with Crippen LogP contribution in [0.15, 0.2) is 52.4 Å². The average molecular weight is 407 g/mol. The van der Waals surface area contributed by atoms with Gasteiger partial charge in [0, 0.05) is 18.1 Å². The molecule has 0 saturated carbocycles. The lowest BCUT2D eigenvalue weighted by Gasteiger charge is -2.03. The number of esters is 1. The Kier molecular flexibility index (Phi) is 4.40. The molecule has 5 rings (SSSR count). The Morgan fingerprint density at radius 1 is 1.31 bits per heavy atom. The highest BCUT2D eigenvalue weighted by Crippen LogP contribution is 2.33. The molecule has 0 radical (unpaired) electrons. The third kappa shape index (κ3) is 3.54. The van der Waals surface area contributed by atoms with Gasteiger partial charge >= 0.3 is 5.97 Å². The molecule has 146 valence electrons. The third-order valence-electron chi connectivity index (χ3n) is 4.67. The molecule has 29 heavy (non-hydrogen) atoms. The van der Waals surface area contributed by atoms with Crippen molar-refractivity contribution in [2.45, 2.75) is 26.1 Å². The highest BCUT2D eigenvalue weighted by Gasteiger charge is 2.20. The highest BCUT2D eigenvalue weighted by molar-refractivity contribution is 7.13. The van der Waals surface area contributed by atoms with Crippen molar-refractivity contribution in [3.63, 3.8) is 0 Å². The van der Waals surface area contributed by atoms with Crippen LogP contribution in [0, 0.1) is 0 Å². The number of ether oxygens (including phenoxy) is 2. The van der Waals surface area contributed by atoms with E-state index >= 15 is 0 Å². The standard InChI is InChI=1S/C21H17N3O4S/c1-12-7-13-4-5-14(8-18(13)27-12)19-9-15(24-28-19)11-26-21(25)17-10-16(22-23-17)20-3-2-6-29-20/h2-6,8-10,12H,7,11H2,1H3,(H,22,23). The van der Waals surface area contributed by atoms with Gasteiger partial charge in [0.25, 0.3) is 0 Å². The van der Waals surface area contributed by atoms with E-state index in [-0.39, 0.29) is 18.4 Å². The Hall–Kier alpha value is -3.39. The van der Waals surface area contributed by atoms with E-state index in [0.717, 1.165) is 28.3 Å². The van der Waals surface area contributed by atoms with E-state index in [1.165, 1.54) is 5.56 Å². The second-order valence-corrected chi connectivity index (χ2v) is 7.81. The summed E-state index contributed by atoms with van der Waals surface area (Å²) in [6.07, 6.45) is 1.10. The van der Waals surface area contributed by atoms with Crippen molar-refractivity contribution in [2.24, 2.45) is 0 Å². The van der Waals surface area contributed by atoms with E-state index in [4.69, 9.17) is 14.0 Å². The highest BCUT2D eigenvalue weighted by atomic mass is 32.1. The summed E-state index contributed by atoms with van der Waals surface area (Å²) in [5.74, 6) is 0.953. The minimum absolute atomic E-state index is 0.00199. The molecule has 7 nitrogen and oxygen atoms in total. The first-order valence-corrected chi connectivity index (χ1v) is 10.1. The van der Waals surface area contributed by atoms with Gasteiger partial charge in [0.15, 0.2) is 11.5 Å². The zero-order valence-corrected chi connectivity index (χ0v) is 16.4. The van der Waals surface area contributed by atoms with Crippen molar-refractivity contribution in [3.05, 3.63) is 64.8 Å². The molecule has 0 aliphatic carbocycles. The molecular weight excluding hydrogens is 390 g/mol.